The van der Waals surface area contributed by atoms with Crippen LogP contribution in [0, 0.1) is 12.7 Å². The Morgan fingerprint density at radius 3 is 2.36 bits per heavy atom. The van der Waals surface area contributed by atoms with Crippen LogP contribution in [0.5, 0.6) is 0 Å². The van der Waals surface area contributed by atoms with E-state index in [2.05, 4.69) is 10.2 Å². The summed E-state index contributed by atoms with van der Waals surface area (Å²) in [6.07, 6.45) is 1.40. The van der Waals surface area contributed by atoms with Crippen molar-refractivity contribution in [2.45, 2.75) is 78.6 Å². The number of aryl methyl sites for hydroxylation is 3. The maximum absolute atomic E-state index is 14.2. The lowest BCUT2D eigenvalue weighted by Gasteiger charge is -2.30. The van der Waals surface area contributed by atoms with Crippen molar-refractivity contribution in [1.29, 1.82) is 0 Å². The first-order valence-electron chi connectivity index (χ1n) is 17.5. The molecule has 3 aromatic heterocycles. The van der Waals surface area contributed by atoms with E-state index in [0.717, 1.165) is 22.5 Å². The van der Waals surface area contributed by atoms with Crippen LogP contribution in [0.2, 0.25) is 0 Å². The minimum Gasteiger partial charge on any atom is -0.462 e. The quantitative estimate of drug-likeness (QED) is 0.0956. The molecule has 2 aromatic carbocycles. The third kappa shape index (κ3) is 8.79. The second-order valence-corrected chi connectivity index (χ2v) is 14.7. The van der Waals surface area contributed by atoms with E-state index in [-0.39, 0.29) is 30.5 Å². The number of rotatable bonds is 11. The minimum absolute atomic E-state index is 0.0704. The van der Waals surface area contributed by atoms with E-state index < -0.39 is 29.7 Å². The lowest BCUT2D eigenvalue weighted by molar-refractivity contribution is 0.0216. The summed E-state index contributed by atoms with van der Waals surface area (Å²) in [5.41, 5.74) is 2.68. The van der Waals surface area contributed by atoms with Gasteiger partial charge in [0.15, 0.2) is 0 Å². The second kappa shape index (κ2) is 16.1. The van der Waals surface area contributed by atoms with Crippen LogP contribution in [0.3, 0.4) is 0 Å². The molecule has 53 heavy (non-hydrogen) atoms. The number of thiophene rings is 1. The summed E-state index contributed by atoms with van der Waals surface area (Å²) in [7, 11) is 0. The van der Waals surface area contributed by atoms with Gasteiger partial charge in [-0.25, -0.2) is 18.8 Å². The van der Waals surface area contributed by atoms with Crippen LogP contribution in [0.25, 0.3) is 21.9 Å². The third-order valence-corrected chi connectivity index (χ3v) is 9.63. The van der Waals surface area contributed by atoms with Crippen molar-refractivity contribution in [1.82, 2.24) is 20.1 Å². The molecule has 0 saturated carbocycles. The van der Waals surface area contributed by atoms with E-state index in [1.807, 2.05) is 30.3 Å². The largest absolute Gasteiger partial charge is 0.462 e. The number of nitrogens with zero attached hydrogens (tertiary/aromatic N) is 4. The predicted octanol–water partition coefficient (Wildman–Crippen LogP) is 8.70. The number of pyridine rings is 1. The van der Waals surface area contributed by atoms with Gasteiger partial charge in [0.25, 0.3) is 0 Å². The molecule has 276 valence electrons. The van der Waals surface area contributed by atoms with Crippen molar-refractivity contribution in [3.8, 4) is 21.9 Å². The Balaban J connectivity index is 1.55. The van der Waals surface area contributed by atoms with Crippen LogP contribution in [0.1, 0.15) is 95.0 Å². The van der Waals surface area contributed by atoms with Crippen molar-refractivity contribution in [3.05, 3.63) is 111 Å². The molecule has 0 aliphatic carbocycles. The molecule has 5 aromatic rings. The third-order valence-electron chi connectivity index (χ3n) is 8.55. The number of halogens is 1. The zero-order chi connectivity index (χ0) is 37.7. The fraction of sp³-hybridized carbons (Fsp3) is 0.350. The molecular formula is C40H41FN4O7S. The van der Waals surface area contributed by atoms with E-state index in [0.29, 0.717) is 70.4 Å². The monoisotopic (exact) mass is 740 g/mol. The van der Waals surface area contributed by atoms with Crippen molar-refractivity contribution in [2.24, 2.45) is 0 Å². The molecule has 1 amide bonds. The summed E-state index contributed by atoms with van der Waals surface area (Å²) < 4.78 is 37.0. The molecule has 0 unspecified atom stereocenters. The van der Waals surface area contributed by atoms with E-state index in [4.69, 9.17) is 23.6 Å². The predicted molar refractivity (Wildman–Crippen MR) is 196 cm³/mol. The molecule has 4 heterocycles. The Kier molecular flexibility index (Phi) is 11.3. The van der Waals surface area contributed by atoms with Crippen LogP contribution in [-0.4, -0.2) is 56.9 Å². The number of ether oxygens (including phenoxy) is 3. The van der Waals surface area contributed by atoms with Gasteiger partial charge >= 0.3 is 18.0 Å². The lowest BCUT2D eigenvalue weighted by atomic mass is 9.91. The normalized spacial score (nSPS) is 14.3. The van der Waals surface area contributed by atoms with Gasteiger partial charge in [0.05, 0.1) is 35.2 Å². The van der Waals surface area contributed by atoms with Crippen molar-refractivity contribution >= 4 is 29.4 Å². The first kappa shape index (κ1) is 37.3. The van der Waals surface area contributed by atoms with Gasteiger partial charge in [0, 0.05) is 23.9 Å². The van der Waals surface area contributed by atoms with Crippen LogP contribution < -0.4 is 0 Å². The lowest BCUT2D eigenvalue weighted by Crippen LogP contribution is -2.37. The Bertz CT molecular complexity index is 2090. The van der Waals surface area contributed by atoms with Gasteiger partial charge in [-0.05, 0) is 88.8 Å². The number of hydrogen-bond donors (Lipinski definition) is 0. The number of aromatic nitrogens is 3. The summed E-state index contributed by atoms with van der Waals surface area (Å²) in [4.78, 5) is 48.8. The average Bonchev–Trinajstić information content (AvgIpc) is 3.91. The van der Waals surface area contributed by atoms with Crippen LogP contribution in [0.4, 0.5) is 9.18 Å². The molecule has 0 bridgehead atoms. The number of likely N-dealkylation sites (tertiary alicyclic amines) is 1. The molecule has 13 heteroatoms. The Hall–Kier alpha value is -5.43. The van der Waals surface area contributed by atoms with Gasteiger partial charge in [-0.1, -0.05) is 42.5 Å². The number of benzene rings is 2. The number of carbonyl (C=O) groups is 3. The highest BCUT2D eigenvalue weighted by atomic mass is 32.1. The first-order valence-corrected chi connectivity index (χ1v) is 18.3. The zero-order valence-electron chi connectivity index (χ0n) is 30.3. The molecule has 0 radical (unpaired) electrons. The highest BCUT2D eigenvalue weighted by molar-refractivity contribution is 7.17. The number of amides is 1. The highest BCUT2D eigenvalue weighted by Crippen LogP contribution is 2.45. The molecule has 11 nitrogen and oxygen atoms in total. The first-order chi connectivity index (χ1) is 25.4. The van der Waals surface area contributed by atoms with Crippen LogP contribution >= 0.6 is 11.3 Å². The van der Waals surface area contributed by atoms with E-state index in [1.165, 1.54) is 12.1 Å². The molecular weight excluding hydrogens is 700 g/mol. The summed E-state index contributed by atoms with van der Waals surface area (Å²) in [5.74, 6) is -1.13. The fourth-order valence-corrected chi connectivity index (χ4v) is 7.20. The van der Waals surface area contributed by atoms with Gasteiger partial charge in [-0.2, -0.15) is 0 Å². The van der Waals surface area contributed by atoms with Gasteiger partial charge in [0.1, 0.15) is 22.9 Å². The summed E-state index contributed by atoms with van der Waals surface area (Å²) in [6, 6.07) is 18.3. The molecule has 0 N–H and O–H groups in total. The maximum atomic E-state index is 14.2. The number of esters is 2. The molecule has 1 aliphatic rings. The number of carbonyl (C=O) groups excluding carboxylic acids is 3. The topological polar surface area (TPSA) is 134 Å². The molecule has 1 saturated heterocycles. The summed E-state index contributed by atoms with van der Waals surface area (Å²) in [6.45, 7) is 9.30. The summed E-state index contributed by atoms with van der Waals surface area (Å²) in [5, 5.41) is 8.45. The maximum Gasteiger partial charge on any atom is 0.410 e. The van der Waals surface area contributed by atoms with Crippen molar-refractivity contribution in [2.75, 3.05) is 13.2 Å². The van der Waals surface area contributed by atoms with Crippen LogP contribution in [0.15, 0.2) is 71.1 Å². The van der Waals surface area contributed by atoms with Crippen molar-refractivity contribution in [3.63, 3.8) is 0 Å². The standard InChI is InChI=1S/C40H41FN4O7S/c1-6-49-38(47)34-33(30-20-21-31(53-30)37(46)50-23-26-11-8-7-9-12-26)32(36-44-43-24(2)51-36)28(19-16-25-14-17-27(41)18-15-25)42-35(34)29-13-10-22-45(29)39(48)52-40(3,4)5/h7-9,11-12,14-15,17-18,20-21,29H,6,10,13,16,19,22-23H2,1-5H3/t29-/m0/s1. The highest BCUT2D eigenvalue weighted by Gasteiger charge is 2.40. The Labute approximate surface area is 311 Å². The van der Waals surface area contributed by atoms with Gasteiger partial charge in [-0.15, -0.1) is 21.5 Å². The SMILES string of the molecule is CCOC(=O)c1c([C@@H]2CCCN2C(=O)OC(C)(C)C)nc(CCc2ccc(F)cc2)c(-c2nnc(C)o2)c1-c1ccc(C(=O)OCc2ccccc2)s1. The van der Waals surface area contributed by atoms with Crippen molar-refractivity contribution < 1.29 is 37.4 Å². The Morgan fingerprint density at radius 2 is 1.68 bits per heavy atom. The van der Waals surface area contributed by atoms with E-state index in [1.54, 1.807) is 63.8 Å². The molecule has 6 rings (SSSR count). The zero-order valence-corrected chi connectivity index (χ0v) is 31.1. The Morgan fingerprint density at radius 1 is 0.925 bits per heavy atom. The second-order valence-electron chi connectivity index (χ2n) is 13.6. The average molecular weight is 741 g/mol. The minimum atomic E-state index is -0.755. The molecule has 1 aliphatic heterocycles. The molecule has 1 fully saturated rings. The molecule has 1 atom stereocenters. The smallest absolute Gasteiger partial charge is 0.410 e. The van der Waals surface area contributed by atoms with Gasteiger partial charge in [-0.3, -0.25) is 9.88 Å². The fourth-order valence-electron chi connectivity index (χ4n) is 6.24. The summed E-state index contributed by atoms with van der Waals surface area (Å²) >= 11 is 1.14. The van der Waals surface area contributed by atoms with E-state index in [9.17, 15) is 18.8 Å². The van der Waals surface area contributed by atoms with Gasteiger partial charge < -0.3 is 18.6 Å². The van der Waals surface area contributed by atoms with Crippen LogP contribution in [-0.2, 0) is 33.7 Å². The van der Waals surface area contributed by atoms with Gasteiger partial charge in [0.2, 0.25) is 11.8 Å². The molecule has 0 spiro atoms. The number of hydrogen-bond acceptors (Lipinski definition) is 11. The van der Waals surface area contributed by atoms with E-state index >= 15 is 0 Å².